The van der Waals surface area contributed by atoms with Gasteiger partial charge in [-0.3, -0.25) is 4.98 Å². The molecule has 0 aromatic carbocycles. The lowest BCUT2D eigenvalue weighted by Gasteiger charge is -2.37. The summed E-state index contributed by atoms with van der Waals surface area (Å²) in [6.45, 7) is 11.0. The van der Waals surface area contributed by atoms with Crippen LogP contribution < -0.4 is 4.57 Å². The summed E-state index contributed by atoms with van der Waals surface area (Å²) in [4.78, 5) is 5.92. The number of hydrogen-bond acceptors (Lipinski definition) is 4. The van der Waals surface area contributed by atoms with Crippen LogP contribution in [0.2, 0.25) is 0 Å². The average Bonchev–Trinajstić information content (AvgIpc) is 3.55. The van der Waals surface area contributed by atoms with E-state index in [0.29, 0.717) is 0 Å². The fraction of sp³-hybridized carbons (Fsp3) is 0.357. The highest BCUT2D eigenvalue weighted by Gasteiger charge is 2.51. The SMILES string of the molecule is C=CC1c2sc(-n3cc(-c4cc(CCCC)ccn4)nn3)cc2-c2cccc[n+]2C1(CC)CC. The van der Waals surface area contributed by atoms with Crippen molar-refractivity contribution < 1.29 is 4.57 Å². The third-order valence-corrected chi connectivity index (χ3v) is 8.52. The van der Waals surface area contributed by atoms with Gasteiger partial charge >= 0.3 is 0 Å². The topological polar surface area (TPSA) is 47.5 Å². The van der Waals surface area contributed by atoms with Gasteiger partial charge in [-0.1, -0.05) is 38.5 Å². The molecule has 0 spiro atoms. The molecule has 0 aliphatic carbocycles. The Balaban J connectivity index is 1.56. The maximum atomic E-state index is 4.56. The Morgan fingerprint density at radius 1 is 1.15 bits per heavy atom. The molecule has 5 heterocycles. The summed E-state index contributed by atoms with van der Waals surface area (Å²) in [5.74, 6) is 0.246. The lowest BCUT2D eigenvalue weighted by atomic mass is 9.74. The number of allylic oxidation sites excluding steroid dienone is 1. The lowest BCUT2D eigenvalue weighted by molar-refractivity contribution is -0.760. The van der Waals surface area contributed by atoms with Crippen LogP contribution in [-0.2, 0) is 12.0 Å². The minimum Gasteiger partial charge on any atom is -0.254 e. The molecule has 1 unspecified atom stereocenters. The van der Waals surface area contributed by atoms with Crippen LogP contribution in [0, 0.1) is 0 Å². The normalized spacial score (nSPS) is 16.1. The number of aromatic nitrogens is 5. The Kier molecular flexibility index (Phi) is 6.17. The zero-order valence-electron chi connectivity index (χ0n) is 20.2. The van der Waals surface area contributed by atoms with Crippen molar-refractivity contribution in [2.24, 2.45) is 0 Å². The summed E-state index contributed by atoms with van der Waals surface area (Å²) in [7, 11) is 0. The predicted molar refractivity (Wildman–Crippen MR) is 138 cm³/mol. The van der Waals surface area contributed by atoms with Gasteiger partial charge in [-0.25, -0.2) is 4.68 Å². The Morgan fingerprint density at radius 2 is 2.00 bits per heavy atom. The summed E-state index contributed by atoms with van der Waals surface area (Å²) in [5, 5.41) is 10.0. The number of aryl methyl sites for hydroxylation is 1. The second kappa shape index (κ2) is 9.26. The van der Waals surface area contributed by atoms with E-state index in [1.807, 2.05) is 17.1 Å². The van der Waals surface area contributed by atoms with Crippen molar-refractivity contribution in [1.82, 2.24) is 20.0 Å². The van der Waals surface area contributed by atoms with Gasteiger partial charge in [-0.15, -0.1) is 23.0 Å². The van der Waals surface area contributed by atoms with Crippen molar-refractivity contribution in [3.05, 3.63) is 78.1 Å². The highest BCUT2D eigenvalue weighted by molar-refractivity contribution is 7.15. The lowest BCUT2D eigenvalue weighted by Crippen LogP contribution is -2.61. The molecule has 5 nitrogen and oxygen atoms in total. The van der Waals surface area contributed by atoms with Crippen LogP contribution in [0.3, 0.4) is 0 Å². The number of fused-ring (bicyclic) bond motifs is 3. The molecular formula is C28H32N5S+. The molecule has 0 N–H and O–H groups in total. The van der Waals surface area contributed by atoms with Crippen molar-refractivity contribution in [3.8, 4) is 27.6 Å². The van der Waals surface area contributed by atoms with Gasteiger partial charge < -0.3 is 0 Å². The first-order valence-electron chi connectivity index (χ1n) is 12.3. The molecule has 0 saturated carbocycles. The van der Waals surface area contributed by atoms with Gasteiger partial charge in [-0.2, -0.15) is 4.57 Å². The zero-order valence-corrected chi connectivity index (χ0v) is 21.1. The summed E-state index contributed by atoms with van der Waals surface area (Å²) in [6.07, 6.45) is 13.7. The van der Waals surface area contributed by atoms with E-state index in [4.69, 9.17) is 0 Å². The molecule has 4 aromatic heterocycles. The van der Waals surface area contributed by atoms with Gasteiger partial charge in [0.15, 0.2) is 11.7 Å². The number of nitrogens with zero attached hydrogens (tertiary/aromatic N) is 5. The number of rotatable bonds is 8. The van der Waals surface area contributed by atoms with Gasteiger partial charge in [0.25, 0.3) is 0 Å². The van der Waals surface area contributed by atoms with E-state index in [1.165, 1.54) is 34.5 Å². The van der Waals surface area contributed by atoms with Crippen LogP contribution in [0.5, 0.6) is 0 Å². The van der Waals surface area contributed by atoms with E-state index >= 15 is 0 Å². The van der Waals surface area contributed by atoms with Crippen LogP contribution in [-0.4, -0.2) is 20.0 Å². The largest absolute Gasteiger partial charge is 0.254 e. The predicted octanol–water partition coefficient (Wildman–Crippen LogP) is 6.49. The first-order valence-corrected chi connectivity index (χ1v) is 13.1. The first-order chi connectivity index (χ1) is 16.6. The molecule has 0 bridgehead atoms. The monoisotopic (exact) mass is 470 g/mol. The highest BCUT2D eigenvalue weighted by atomic mass is 32.1. The molecular weight excluding hydrogens is 438 g/mol. The molecule has 1 aliphatic rings. The molecule has 34 heavy (non-hydrogen) atoms. The fourth-order valence-corrected chi connectivity index (χ4v) is 6.68. The third-order valence-electron chi connectivity index (χ3n) is 7.31. The minimum absolute atomic E-state index is 0.0101. The number of hydrogen-bond donors (Lipinski definition) is 0. The van der Waals surface area contributed by atoms with Crippen LogP contribution in [0.25, 0.3) is 27.6 Å². The molecule has 4 aromatic rings. The molecule has 1 atom stereocenters. The van der Waals surface area contributed by atoms with Crippen LogP contribution >= 0.6 is 11.3 Å². The number of pyridine rings is 2. The van der Waals surface area contributed by atoms with Gasteiger partial charge in [0.05, 0.1) is 23.4 Å². The van der Waals surface area contributed by atoms with Gasteiger partial charge in [0, 0.05) is 36.0 Å². The van der Waals surface area contributed by atoms with Crippen LogP contribution in [0.4, 0.5) is 0 Å². The Labute approximate surface area is 205 Å². The maximum absolute atomic E-state index is 4.56. The van der Waals surface area contributed by atoms with Crippen molar-refractivity contribution in [2.75, 3.05) is 0 Å². The van der Waals surface area contributed by atoms with Crippen molar-refractivity contribution >= 4 is 11.3 Å². The Bertz CT molecular complexity index is 1310. The van der Waals surface area contributed by atoms with E-state index in [-0.39, 0.29) is 11.5 Å². The highest BCUT2D eigenvalue weighted by Crippen LogP contribution is 2.49. The van der Waals surface area contributed by atoms with Gasteiger partial charge in [0.2, 0.25) is 5.69 Å². The van der Waals surface area contributed by atoms with Gasteiger partial charge in [0.1, 0.15) is 10.7 Å². The molecule has 0 radical (unpaired) electrons. The van der Waals surface area contributed by atoms with Crippen LogP contribution in [0.15, 0.2) is 67.6 Å². The second-order valence-electron chi connectivity index (χ2n) is 9.04. The third kappa shape index (κ3) is 3.61. The van der Waals surface area contributed by atoms with Crippen molar-refractivity contribution in [2.45, 2.75) is 64.3 Å². The molecule has 0 saturated heterocycles. The first kappa shape index (κ1) is 22.7. The molecule has 6 heteroatoms. The number of unbranched alkanes of at least 4 members (excludes halogenated alkanes) is 1. The van der Waals surface area contributed by atoms with Crippen molar-refractivity contribution in [3.63, 3.8) is 0 Å². The Morgan fingerprint density at radius 3 is 2.76 bits per heavy atom. The molecule has 0 fully saturated rings. The molecule has 5 rings (SSSR count). The van der Waals surface area contributed by atoms with E-state index in [2.05, 4.69) is 95.9 Å². The number of thiophene rings is 1. The summed E-state index contributed by atoms with van der Waals surface area (Å²) in [5.41, 5.74) is 5.49. The van der Waals surface area contributed by atoms with E-state index < -0.39 is 0 Å². The quantitative estimate of drug-likeness (QED) is 0.218. The zero-order chi connectivity index (χ0) is 23.7. The van der Waals surface area contributed by atoms with Gasteiger partial charge in [-0.05, 0) is 42.7 Å². The van der Waals surface area contributed by atoms with E-state index in [0.717, 1.165) is 35.7 Å². The summed E-state index contributed by atoms with van der Waals surface area (Å²) in [6, 6.07) is 13.0. The summed E-state index contributed by atoms with van der Waals surface area (Å²) < 4.78 is 4.36. The fourth-order valence-electron chi connectivity index (χ4n) is 5.38. The standard InChI is InChI=1S/C28H32N5S/c1-5-9-12-20-14-15-29-23(17-20)24-19-33(31-30-24)26-18-21-25-13-10-11-16-32(25)28(7-3,8-4)22(6-2)27(21)34-26/h6,10-11,13-19,22H,2,5,7-9,12H2,1,3-4H3/q+1. The Hall–Kier alpha value is -3.12. The molecule has 1 aliphatic heterocycles. The van der Waals surface area contributed by atoms with E-state index in [1.54, 1.807) is 11.3 Å². The second-order valence-corrected chi connectivity index (χ2v) is 10.1. The smallest absolute Gasteiger partial charge is 0.214 e. The molecule has 174 valence electrons. The minimum atomic E-state index is -0.0101. The van der Waals surface area contributed by atoms with Crippen molar-refractivity contribution in [1.29, 1.82) is 0 Å². The molecule has 0 amide bonds. The van der Waals surface area contributed by atoms with E-state index in [9.17, 15) is 0 Å². The maximum Gasteiger partial charge on any atom is 0.214 e. The van der Waals surface area contributed by atoms with Crippen LogP contribution in [0.1, 0.15) is 62.8 Å². The average molecular weight is 471 g/mol. The summed E-state index contributed by atoms with van der Waals surface area (Å²) >= 11 is 1.80.